The van der Waals surface area contributed by atoms with E-state index in [9.17, 15) is 9.18 Å². The number of rotatable bonds is 7. The van der Waals surface area contributed by atoms with E-state index in [2.05, 4.69) is 25.5 Å². The molecular weight excluding hydrogens is 353 g/mol. The number of aromatic nitrogens is 2. The van der Waals surface area contributed by atoms with Crippen molar-refractivity contribution in [1.82, 2.24) is 15.3 Å². The van der Waals surface area contributed by atoms with Gasteiger partial charge in [0.2, 0.25) is 0 Å². The number of methoxy groups -OCH3 is 1. The van der Waals surface area contributed by atoms with E-state index in [4.69, 9.17) is 9.47 Å². The minimum Gasteiger partial charge on any atom is -0.494 e. The highest BCUT2D eigenvalue weighted by atomic mass is 19.1. The Kier molecular flexibility index (Phi) is 6.37. The summed E-state index contributed by atoms with van der Waals surface area (Å²) in [6.07, 6.45) is 1.51. The average Bonchev–Trinajstić information content (AvgIpc) is 2.72. The number of ether oxygens (including phenoxy) is 2. The number of morpholine rings is 1. The van der Waals surface area contributed by atoms with Gasteiger partial charge in [-0.2, -0.15) is 0 Å². The molecule has 1 aliphatic heterocycles. The molecule has 0 atom stereocenters. The number of hydrogen-bond donors (Lipinski definition) is 2. The summed E-state index contributed by atoms with van der Waals surface area (Å²) in [4.78, 5) is 22.7. The van der Waals surface area contributed by atoms with Gasteiger partial charge in [0, 0.05) is 37.8 Å². The van der Waals surface area contributed by atoms with Crippen molar-refractivity contribution < 1.29 is 18.7 Å². The lowest BCUT2D eigenvalue weighted by Crippen LogP contribution is -2.36. The predicted octanol–water partition coefficient (Wildman–Crippen LogP) is 1.30. The smallest absolute Gasteiger partial charge is 0.251 e. The van der Waals surface area contributed by atoms with Gasteiger partial charge in [0.25, 0.3) is 5.91 Å². The van der Waals surface area contributed by atoms with E-state index in [0.717, 1.165) is 25.0 Å². The lowest BCUT2D eigenvalue weighted by atomic mass is 10.2. The SMILES string of the molecule is COc1ccc(C(=O)NCCNc2cc(N3CCOCC3)ncn2)cc1F. The fourth-order valence-electron chi connectivity index (χ4n) is 2.69. The van der Waals surface area contributed by atoms with Gasteiger partial charge in [-0.3, -0.25) is 4.79 Å². The molecule has 27 heavy (non-hydrogen) atoms. The molecule has 8 nitrogen and oxygen atoms in total. The number of nitrogens with zero attached hydrogens (tertiary/aromatic N) is 3. The Balaban J connectivity index is 1.47. The fraction of sp³-hybridized carbons (Fsp3) is 0.389. The molecule has 3 rings (SSSR count). The zero-order valence-electron chi connectivity index (χ0n) is 15.1. The molecule has 0 saturated carbocycles. The summed E-state index contributed by atoms with van der Waals surface area (Å²) in [7, 11) is 1.38. The molecule has 1 amide bonds. The first-order chi connectivity index (χ1) is 13.2. The van der Waals surface area contributed by atoms with Crippen LogP contribution < -0.4 is 20.3 Å². The second-order valence-electron chi connectivity index (χ2n) is 5.89. The van der Waals surface area contributed by atoms with Gasteiger partial charge in [-0.15, -0.1) is 0 Å². The van der Waals surface area contributed by atoms with E-state index in [1.165, 1.54) is 25.6 Å². The van der Waals surface area contributed by atoms with E-state index in [-0.39, 0.29) is 17.2 Å². The Bertz CT molecular complexity index is 783. The molecule has 1 fully saturated rings. The molecule has 0 unspecified atom stereocenters. The van der Waals surface area contributed by atoms with Gasteiger partial charge < -0.3 is 25.0 Å². The predicted molar refractivity (Wildman–Crippen MR) is 98.8 cm³/mol. The minimum atomic E-state index is -0.570. The summed E-state index contributed by atoms with van der Waals surface area (Å²) in [5.41, 5.74) is 0.241. The van der Waals surface area contributed by atoms with E-state index in [1.807, 2.05) is 6.07 Å². The van der Waals surface area contributed by atoms with Gasteiger partial charge in [-0.05, 0) is 18.2 Å². The molecule has 1 aliphatic rings. The van der Waals surface area contributed by atoms with E-state index < -0.39 is 5.82 Å². The molecule has 2 aromatic rings. The number of hydrogen-bond acceptors (Lipinski definition) is 7. The van der Waals surface area contributed by atoms with Crippen LogP contribution in [0.1, 0.15) is 10.4 Å². The first-order valence-electron chi connectivity index (χ1n) is 8.67. The Hall–Kier alpha value is -2.94. The van der Waals surface area contributed by atoms with Crippen LogP contribution >= 0.6 is 0 Å². The van der Waals surface area contributed by atoms with Crippen molar-refractivity contribution in [3.8, 4) is 5.75 Å². The van der Waals surface area contributed by atoms with Crippen molar-refractivity contribution in [3.63, 3.8) is 0 Å². The molecule has 2 N–H and O–H groups in total. The van der Waals surface area contributed by atoms with Crippen molar-refractivity contribution in [2.75, 3.05) is 56.7 Å². The number of anilines is 2. The number of nitrogens with one attached hydrogen (secondary N) is 2. The first kappa shape index (κ1) is 18.8. The third-order valence-electron chi connectivity index (χ3n) is 4.12. The maximum absolute atomic E-state index is 13.7. The molecule has 9 heteroatoms. The Morgan fingerprint density at radius 3 is 2.81 bits per heavy atom. The van der Waals surface area contributed by atoms with Crippen LogP contribution in [0.5, 0.6) is 5.75 Å². The third kappa shape index (κ3) is 5.04. The van der Waals surface area contributed by atoms with Gasteiger partial charge in [0.1, 0.15) is 18.0 Å². The van der Waals surface area contributed by atoms with Gasteiger partial charge in [0.15, 0.2) is 11.6 Å². The topological polar surface area (TPSA) is 88.6 Å². The summed E-state index contributed by atoms with van der Waals surface area (Å²) in [6, 6.07) is 5.97. The van der Waals surface area contributed by atoms with Gasteiger partial charge in [0.05, 0.1) is 20.3 Å². The fourth-order valence-corrected chi connectivity index (χ4v) is 2.69. The molecule has 0 spiro atoms. The molecule has 1 aromatic heterocycles. The van der Waals surface area contributed by atoms with Crippen LogP contribution in [0.3, 0.4) is 0 Å². The van der Waals surface area contributed by atoms with E-state index >= 15 is 0 Å². The molecular formula is C18H22FN5O3. The van der Waals surface area contributed by atoms with E-state index in [1.54, 1.807) is 0 Å². The number of benzene rings is 1. The Morgan fingerprint density at radius 2 is 2.07 bits per heavy atom. The van der Waals surface area contributed by atoms with Crippen LogP contribution in [0.4, 0.5) is 16.0 Å². The van der Waals surface area contributed by atoms with Crippen LogP contribution in [-0.2, 0) is 4.74 Å². The van der Waals surface area contributed by atoms with Crippen molar-refractivity contribution >= 4 is 17.5 Å². The van der Waals surface area contributed by atoms with Crippen LogP contribution in [0, 0.1) is 5.82 Å². The Morgan fingerprint density at radius 1 is 1.26 bits per heavy atom. The van der Waals surface area contributed by atoms with Crippen LogP contribution in [0.2, 0.25) is 0 Å². The maximum atomic E-state index is 13.7. The summed E-state index contributed by atoms with van der Waals surface area (Å²) in [5.74, 6) is 0.702. The van der Waals surface area contributed by atoms with Crippen molar-refractivity contribution in [2.24, 2.45) is 0 Å². The Labute approximate surface area is 156 Å². The largest absolute Gasteiger partial charge is 0.494 e. The highest BCUT2D eigenvalue weighted by molar-refractivity contribution is 5.94. The molecule has 0 bridgehead atoms. The minimum absolute atomic E-state index is 0.105. The second-order valence-corrected chi connectivity index (χ2v) is 5.89. The molecule has 1 aromatic carbocycles. The number of carbonyl (C=O) groups is 1. The zero-order valence-corrected chi connectivity index (χ0v) is 15.1. The average molecular weight is 375 g/mol. The molecule has 2 heterocycles. The highest BCUT2D eigenvalue weighted by Gasteiger charge is 2.13. The normalized spacial score (nSPS) is 13.9. The monoisotopic (exact) mass is 375 g/mol. The number of amides is 1. The van der Waals surface area contributed by atoms with Gasteiger partial charge >= 0.3 is 0 Å². The number of carbonyl (C=O) groups excluding carboxylic acids is 1. The van der Waals surface area contributed by atoms with Crippen LogP contribution in [0.25, 0.3) is 0 Å². The summed E-state index contributed by atoms with van der Waals surface area (Å²) >= 11 is 0. The highest BCUT2D eigenvalue weighted by Crippen LogP contribution is 2.17. The van der Waals surface area contributed by atoms with Crippen LogP contribution in [-0.4, -0.2) is 62.4 Å². The first-order valence-corrected chi connectivity index (χ1v) is 8.67. The van der Waals surface area contributed by atoms with Crippen molar-refractivity contribution in [1.29, 1.82) is 0 Å². The summed E-state index contributed by atoms with van der Waals surface area (Å²) < 4.78 is 23.8. The van der Waals surface area contributed by atoms with Crippen molar-refractivity contribution in [3.05, 3.63) is 42.0 Å². The quantitative estimate of drug-likeness (QED) is 0.705. The molecule has 0 radical (unpaired) electrons. The second kappa shape index (κ2) is 9.13. The zero-order chi connectivity index (χ0) is 19.1. The van der Waals surface area contributed by atoms with Crippen molar-refractivity contribution in [2.45, 2.75) is 0 Å². The lowest BCUT2D eigenvalue weighted by molar-refractivity contribution is 0.0954. The summed E-state index contributed by atoms with van der Waals surface area (Å²) in [6.45, 7) is 3.80. The van der Waals surface area contributed by atoms with Crippen LogP contribution in [0.15, 0.2) is 30.6 Å². The third-order valence-corrected chi connectivity index (χ3v) is 4.12. The molecule has 144 valence electrons. The summed E-state index contributed by atoms with van der Waals surface area (Å²) in [5, 5.41) is 5.88. The molecule has 1 saturated heterocycles. The van der Waals surface area contributed by atoms with Gasteiger partial charge in [-0.25, -0.2) is 14.4 Å². The number of halogens is 1. The van der Waals surface area contributed by atoms with E-state index in [0.29, 0.717) is 32.1 Å². The molecule has 0 aliphatic carbocycles. The van der Waals surface area contributed by atoms with Gasteiger partial charge in [-0.1, -0.05) is 0 Å². The maximum Gasteiger partial charge on any atom is 0.251 e. The lowest BCUT2D eigenvalue weighted by Gasteiger charge is -2.27. The standard InChI is InChI=1S/C18H22FN5O3/c1-26-15-3-2-13(10-14(15)19)18(25)21-5-4-20-16-11-17(23-12-22-16)24-6-8-27-9-7-24/h2-3,10-12H,4-9H2,1H3,(H,21,25)(H,20,22,23).